The molecule has 20 heavy (non-hydrogen) atoms. The van der Waals surface area contributed by atoms with E-state index in [9.17, 15) is 0 Å². The molecule has 0 bridgehead atoms. The summed E-state index contributed by atoms with van der Waals surface area (Å²) in [5.41, 5.74) is 3.58. The van der Waals surface area contributed by atoms with Crippen LogP contribution in [0.25, 0.3) is 11.3 Å². The number of rotatable bonds is 3. The summed E-state index contributed by atoms with van der Waals surface area (Å²) in [6, 6.07) is 10.4. The third-order valence-electron chi connectivity index (χ3n) is 3.71. The molecule has 1 aromatic carbocycles. The van der Waals surface area contributed by atoms with Gasteiger partial charge < -0.3 is 4.74 Å². The molecule has 1 fully saturated rings. The summed E-state index contributed by atoms with van der Waals surface area (Å²) < 4.78 is 5.70. The summed E-state index contributed by atoms with van der Waals surface area (Å²) in [5, 5.41) is 7.35. The minimum absolute atomic E-state index is 0.310. The standard InChI is InChI=1S/C16H21N3O/c1-13-11-19(8-5-9-20-13)12-15-10-17-18-16(15)14-6-3-2-4-7-14/h2-4,6-7,10,13H,5,8-9,11-12H2,1H3,(H,17,18). The van der Waals surface area contributed by atoms with Gasteiger partial charge in [0.15, 0.2) is 0 Å². The fourth-order valence-electron chi connectivity index (χ4n) is 2.75. The molecule has 4 heteroatoms. The Morgan fingerprint density at radius 1 is 1.35 bits per heavy atom. The molecule has 0 saturated carbocycles. The SMILES string of the molecule is CC1CN(Cc2cn[nH]c2-c2ccccc2)CCCO1. The minimum atomic E-state index is 0.310. The summed E-state index contributed by atoms with van der Waals surface area (Å²) in [6.07, 6.45) is 3.35. The number of aromatic nitrogens is 2. The molecule has 106 valence electrons. The minimum Gasteiger partial charge on any atom is -0.377 e. The predicted molar refractivity (Wildman–Crippen MR) is 79.3 cm³/mol. The van der Waals surface area contributed by atoms with Gasteiger partial charge in [0.1, 0.15) is 0 Å². The molecule has 2 aromatic rings. The number of benzene rings is 1. The van der Waals surface area contributed by atoms with Crippen LogP contribution in [0.1, 0.15) is 18.9 Å². The number of aromatic amines is 1. The first kappa shape index (κ1) is 13.3. The van der Waals surface area contributed by atoms with Crippen molar-refractivity contribution < 1.29 is 4.74 Å². The molecular weight excluding hydrogens is 250 g/mol. The summed E-state index contributed by atoms with van der Waals surface area (Å²) in [6.45, 7) is 6.01. The van der Waals surface area contributed by atoms with Gasteiger partial charge in [-0.3, -0.25) is 10.00 Å². The van der Waals surface area contributed by atoms with E-state index in [4.69, 9.17) is 4.74 Å². The Morgan fingerprint density at radius 3 is 3.05 bits per heavy atom. The fourth-order valence-corrected chi connectivity index (χ4v) is 2.75. The molecule has 0 aliphatic carbocycles. The van der Waals surface area contributed by atoms with Crippen molar-refractivity contribution >= 4 is 0 Å². The summed E-state index contributed by atoms with van der Waals surface area (Å²) in [7, 11) is 0. The average molecular weight is 271 g/mol. The van der Waals surface area contributed by atoms with E-state index in [-0.39, 0.29) is 0 Å². The lowest BCUT2D eigenvalue weighted by molar-refractivity contribution is 0.0668. The quantitative estimate of drug-likeness (QED) is 0.933. The van der Waals surface area contributed by atoms with Crippen LogP contribution in [0, 0.1) is 0 Å². The van der Waals surface area contributed by atoms with Gasteiger partial charge in [-0.1, -0.05) is 30.3 Å². The average Bonchev–Trinajstić information content (AvgIpc) is 2.82. The van der Waals surface area contributed by atoms with Gasteiger partial charge in [-0.25, -0.2) is 0 Å². The maximum absolute atomic E-state index is 5.70. The number of H-pyrrole nitrogens is 1. The lowest BCUT2D eigenvalue weighted by Gasteiger charge is -2.21. The maximum atomic E-state index is 5.70. The number of hydrogen-bond acceptors (Lipinski definition) is 3. The highest BCUT2D eigenvalue weighted by Crippen LogP contribution is 2.22. The highest BCUT2D eigenvalue weighted by molar-refractivity contribution is 5.62. The Balaban J connectivity index is 1.76. The first-order chi connectivity index (χ1) is 9.83. The van der Waals surface area contributed by atoms with Gasteiger partial charge in [0.05, 0.1) is 18.0 Å². The number of nitrogens with zero attached hydrogens (tertiary/aromatic N) is 2. The first-order valence-electron chi connectivity index (χ1n) is 7.24. The molecule has 0 radical (unpaired) electrons. The summed E-state index contributed by atoms with van der Waals surface area (Å²) >= 11 is 0. The van der Waals surface area contributed by atoms with E-state index < -0.39 is 0 Å². The van der Waals surface area contributed by atoms with Crippen molar-refractivity contribution in [1.82, 2.24) is 15.1 Å². The molecule has 1 aliphatic heterocycles. The lowest BCUT2D eigenvalue weighted by atomic mass is 10.1. The topological polar surface area (TPSA) is 41.2 Å². The van der Waals surface area contributed by atoms with Gasteiger partial charge >= 0.3 is 0 Å². The van der Waals surface area contributed by atoms with E-state index in [1.54, 1.807) is 0 Å². The van der Waals surface area contributed by atoms with E-state index in [1.807, 2.05) is 12.3 Å². The summed E-state index contributed by atoms with van der Waals surface area (Å²) in [5.74, 6) is 0. The van der Waals surface area contributed by atoms with E-state index >= 15 is 0 Å². The molecule has 1 aromatic heterocycles. The normalized spacial score (nSPS) is 20.8. The molecule has 1 unspecified atom stereocenters. The van der Waals surface area contributed by atoms with Crippen molar-refractivity contribution in [2.75, 3.05) is 19.7 Å². The molecule has 0 amide bonds. The van der Waals surface area contributed by atoms with Crippen LogP contribution in [0.2, 0.25) is 0 Å². The third kappa shape index (κ3) is 3.08. The van der Waals surface area contributed by atoms with Crippen LogP contribution < -0.4 is 0 Å². The van der Waals surface area contributed by atoms with E-state index in [2.05, 4.69) is 46.3 Å². The predicted octanol–water partition coefficient (Wildman–Crippen LogP) is 2.69. The lowest BCUT2D eigenvalue weighted by Crippen LogP contribution is -2.29. The number of ether oxygens (including phenoxy) is 1. The number of hydrogen-bond donors (Lipinski definition) is 1. The van der Waals surface area contributed by atoms with Crippen LogP contribution in [0.3, 0.4) is 0 Å². The van der Waals surface area contributed by atoms with Crippen LogP contribution in [-0.4, -0.2) is 40.9 Å². The summed E-state index contributed by atoms with van der Waals surface area (Å²) in [4.78, 5) is 2.45. The molecule has 3 rings (SSSR count). The van der Waals surface area contributed by atoms with Gasteiger partial charge in [0, 0.05) is 31.8 Å². The van der Waals surface area contributed by atoms with E-state index in [0.717, 1.165) is 38.4 Å². The molecule has 4 nitrogen and oxygen atoms in total. The van der Waals surface area contributed by atoms with Crippen molar-refractivity contribution in [2.24, 2.45) is 0 Å². The fraction of sp³-hybridized carbons (Fsp3) is 0.438. The van der Waals surface area contributed by atoms with Crippen molar-refractivity contribution in [3.05, 3.63) is 42.1 Å². The second-order valence-corrected chi connectivity index (χ2v) is 5.41. The van der Waals surface area contributed by atoms with Gasteiger partial charge in [-0.05, 0) is 18.9 Å². The zero-order chi connectivity index (χ0) is 13.8. The van der Waals surface area contributed by atoms with Crippen LogP contribution in [0.4, 0.5) is 0 Å². The van der Waals surface area contributed by atoms with E-state index in [1.165, 1.54) is 11.1 Å². The molecule has 2 heterocycles. The highest BCUT2D eigenvalue weighted by atomic mass is 16.5. The molecule has 1 N–H and O–H groups in total. The number of nitrogens with one attached hydrogen (secondary N) is 1. The Morgan fingerprint density at radius 2 is 2.20 bits per heavy atom. The van der Waals surface area contributed by atoms with Crippen molar-refractivity contribution in [1.29, 1.82) is 0 Å². The zero-order valence-corrected chi connectivity index (χ0v) is 11.9. The highest BCUT2D eigenvalue weighted by Gasteiger charge is 2.17. The van der Waals surface area contributed by atoms with Gasteiger partial charge in [0.2, 0.25) is 0 Å². The monoisotopic (exact) mass is 271 g/mol. The van der Waals surface area contributed by atoms with Crippen molar-refractivity contribution in [3.8, 4) is 11.3 Å². The Hall–Kier alpha value is -1.65. The molecular formula is C16H21N3O. The molecule has 1 saturated heterocycles. The smallest absolute Gasteiger partial charge is 0.0695 e. The van der Waals surface area contributed by atoms with E-state index in [0.29, 0.717) is 6.10 Å². The molecule has 1 atom stereocenters. The molecule has 0 spiro atoms. The second-order valence-electron chi connectivity index (χ2n) is 5.41. The third-order valence-corrected chi connectivity index (χ3v) is 3.71. The Bertz CT molecular complexity index is 538. The molecule has 1 aliphatic rings. The largest absolute Gasteiger partial charge is 0.377 e. The maximum Gasteiger partial charge on any atom is 0.0695 e. The zero-order valence-electron chi connectivity index (χ0n) is 11.9. The van der Waals surface area contributed by atoms with Gasteiger partial charge in [-0.2, -0.15) is 5.10 Å². The first-order valence-corrected chi connectivity index (χ1v) is 7.24. The Labute approximate surface area is 119 Å². The van der Waals surface area contributed by atoms with Gasteiger partial charge in [0.25, 0.3) is 0 Å². The van der Waals surface area contributed by atoms with Crippen LogP contribution in [0.5, 0.6) is 0 Å². The van der Waals surface area contributed by atoms with Crippen molar-refractivity contribution in [2.45, 2.75) is 26.0 Å². The van der Waals surface area contributed by atoms with Crippen LogP contribution >= 0.6 is 0 Å². The van der Waals surface area contributed by atoms with Crippen LogP contribution in [-0.2, 0) is 11.3 Å². The Kier molecular flexibility index (Phi) is 4.14. The van der Waals surface area contributed by atoms with Gasteiger partial charge in [-0.15, -0.1) is 0 Å². The van der Waals surface area contributed by atoms with Crippen LogP contribution in [0.15, 0.2) is 36.5 Å². The van der Waals surface area contributed by atoms with Crippen molar-refractivity contribution in [3.63, 3.8) is 0 Å². The second kappa shape index (κ2) is 6.20.